The molecule has 0 aromatic rings. The summed E-state index contributed by atoms with van der Waals surface area (Å²) in [5.41, 5.74) is 4.77. The van der Waals surface area contributed by atoms with Gasteiger partial charge in [0.25, 0.3) is 0 Å². The van der Waals surface area contributed by atoms with Crippen molar-refractivity contribution in [2.75, 3.05) is 12.8 Å². The third-order valence-corrected chi connectivity index (χ3v) is 1.10. The molecular formula is C4H10NO2P. The van der Waals surface area contributed by atoms with E-state index in [1.165, 1.54) is 0 Å². The van der Waals surface area contributed by atoms with Gasteiger partial charge in [-0.2, -0.15) is 0 Å². The van der Waals surface area contributed by atoms with E-state index in [4.69, 9.17) is 10.3 Å². The number of hydrogen-bond donors (Lipinski definition) is 1. The van der Waals surface area contributed by atoms with Gasteiger partial charge in [0.15, 0.2) is 0 Å². The Morgan fingerprint density at radius 2 is 2.50 bits per heavy atom. The third-order valence-electron chi connectivity index (χ3n) is 0.461. The summed E-state index contributed by atoms with van der Waals surface area (Å²) in [6, 6.07) is 0. The van der Waals surface area contributed by atoms with Crippen LogP contribution in [0.3, 0.4) is 0 Å². The van der Waals surface area contributed by atoms with E-state index in [1.54, 1.807) is 0 Å². The Morgan fingerprint density at radius 1 is 1.88 bits per heavy atom. The first-order valence-corrected chi connectivity index (χ1v) is 3.52. The Balaban J connectivity index is 2.82. The predicted octanol–water partition coefficient (Wildman–Crippen LogP) is 0.102. The number of amides is 1. The van der Waals surface area contributed by atoms with Gasteiger partial charge in [-0.1, -0.05) is 6.92 Å². The van der Waals surface area contributed by atoms with E-state index >= 15 is 0 Å². The standard InChI is InChI=1S/C4H10NO2P/c1-2-8-7-3-4(5)6/h8H,2-3H2,1H3,(H2,5,6). The molecule has 0 heterocycles. The maximum absolute atomic E-state index is 9.98. The highest BCUT2D eigenvalue weighted by Gasteiger charge is 1.89. The lowest BCUT2D eigenvalue weighted by Gasteiger charge is -1.94. The van der Waals surface area contributed by atoms with Crippen molar-refractivity contribution in [1.82, 2.24) is 0 Å². The Labute approximate surface area is 50.5 Å². The van der Waals surface area contributed by atoms with E-state index in [2.05, 4.69) is 0 Å². The molecule has 0 aliphatic rings. The fraction of sp³-hybridized carbons (Fsp3) is 0.750. The summed E-state index contributed by atoms with van der Waals surface area (Å²) < 4.78 is 4.80. The molecule has 4 heteroatoms. The summed E-state index contributed by atoms with van der Waals surface area (Å²) in [7, 11) is 0.407. The Morgan fingerprint density at radius 3 is 2.88 bits per heavy atom. The molecule has 2 N–H and O–H groups in total. The number of hydrogen-bond acceptors (Lipinski definition) is 2. The van der Waals surface area contributed by atoms with E-state index in [-0.39, 0.29) is 6.61 Å². The van der Waals surface area contributed by atoms with Crippen LogP contribution in [-0.4, -0.2) is 18.7 Å². The average Bonchev–Trinajstić information content (AvgIpc) is 1.66. The number of carbonyl (C=O) groups excluding carboxylic acids is 1. The van der Waals surface area contributed by atoms with Crippen LogP contribution in [0.1, 0.15) is 6.92 Å². The van der Waals surface area contributed by atoms with Gasteiger partial charge in [0.1, 0.15) is 6.61 Å². The molecular weight excluding hydrogens is 125 g/mol. The van der Waals surface area contributed by atoms with Crippen molar-refractivity contribution in [1.29, 1.82) is 0 Å². The maximum atomic E-state index is 9.98. The van der Waals surface area contributed by atoms with Crippen molar-refractivity contribution in [3.8, 4) is 0 Å². The zero-order valence-corrected chi connectivity index (χ0v) is 5.81. The first-order valence-electron chi connectivity index (χ1n) is 2.40. The van der Waals surface area contributed by atoms with Gasteiger partial charge in [-0.05, 0) is 6.16 Å². The van der Waals surface area contributed by atoms with Crippen molar-refractivity contribution in [3.05, 3.63) is 0 Å². The first-order chi connectivity index (χ1) is 3.77. The molecule has 0 saturated heterocycles. The van der Waals surface area contributed by atoms with Gasteiger partial charge in [-0.3, -0.25) is 4.79 Å². The summed E-state index contributed by atoms with van der Waals surface area (Å²) in [4.78, 5) is 9.98. The van der Waals surface area contributed by atoms with Crippen molar-refractivity contribution >= 4 is 14.7 Å². The lowest BCUT2D eigenvalue weighted by molar-refractivity contribution is -0.119. The van der Waals surface area contributed by atoms with E-state index in [9.17, 15) is 4.79 Å². The largest absolute Gasteiger partial charge is 0.368 e. The van der Waals surface area contributed by atoms with Crippen molar-refractivity contribution in [2.24, 2.45) is 5.73 Å². The minimum absolute atomic E-state index is 0.0618. The van der Waals surface area contributed by atoms with E-state index in [1.807, 2.05) is 6.92 Å². The fourth-order valence-corrected chi connectivity index (χ4v) is 0.673. The van der Waals surface area contributed by atoms with Crippen LogP contribution in [-0.2, 0) is 9.32 Å². The van der Waals surface area contributed by atoms with Crippen LogP contribution in [0.4, 0.5) is 0 Å². The molecule has 0 spiro atoms. The van der Waals surface area contributed by atoms with Gasteiger partial charge in [0.2, 0.25) is 5.91 Å². The Kier molecular flexibility index (Phi) is 4.92. The smallest absolute Gasteiger partial charge is 0.243 e. The molecule has 0 aromatic carbocycles. The second-order valence-electron chi connectivity index (χ2n) is 1.25. The minimum Gasteiger partial charge on any atom is -0.368 e. The number of primary amides is 1. The maximum Gasteiger partial charge on any atom is 0.243 e. The molecule has 1 unspecified atom stereocenters. The monoisotopic (exact) mass is 135 g/mol. The van der Waals surface area contributed by atoms with Gasteiger partial charge in [0, 0.05) is 8.81 Å². The summed E-state index contributed by atoms with van der Waals surface area (Å²) in [6.45, 7) is 2.05. The third kappa shape index (κ3) is 5.86. The Hall–Kier alpha value is -0.140. The molecule has 8 heavy (non-hydrogen) atoms. The molecule has 0 aromatic heterocycles. The SMILES string of the molecule is CCPOCC(N)=O. The number of carbonyl (C=O) groups is 1. The molecule has 0 aliphatic heterocycles. The summed E-state index contributed by atoms with van der Waals surface area (Å²) in [5, 5.41) is 0. The van der Waals surface area contributed by atoms with E-state index in [0.29, 0.717) is 8.81 Å². The zero-order valence-electron chi connectivity index (χ0n) is 4.81. The topological polar surface area (TPSA) is 52.3 Å². The van der Waals surface area contributed by atoms with Gasteiger partial charge >= 0.3 is 0 Å². The average molecular weight is 135 g/mol. The van der Waals surface area contributed by atoms with Crippen molar-refractivity contribution in [3.63, 3.8) is 0 Å². The predicted molar refractivity (Wildman–Crippen MR) is 34.0 cm³/mol. The molecule has 3 nitrogen and oxygen atoms in total. The lowest BCUT2D eigenvalue weighted by atomic mass is 10.7. The molecule has 0 fully saturated rings. The van der Waals surface area contributed by atoms with Crippen molar-refractivity contribution in [2.45, 2.75) is 6.92 Å². The molecule has 0 aliphatic carbocycles. The van der Waals surface area contributed by atoms with Gasteiger partial charge in [-0.25, -0.2) is 0 Å². The molecule has 0 rings (SSSR count). The fourth-order valence-electron chi connectivity index (χ4n) is 0.224. The number of rotatable bonds is 4. The molecule has 0 radical (unpaired) electrons. The van der Waals surface area contributed by atoms with Gasteiger partial charge in [-0.15, -0.1) is 0 Å². The first kappa shape index (κ1) is 7.86. The second kappa shape index (κ2) is 5.01. The van der Waals surface area contributed by atoms with E-state index in [0.717, 1.165) is 6.16 Å². The van der Waals surface area contributed by atoms with Crippen LogP contribution < -0.4 is 5.73 Å². The highest BCUT2D eigenvalue weighted by molar-refractivity contribution is 7.32. The van der Waals surface area contributed by atoms with Crippen molar-refractivity contribution < 1.29 is 9.32 Å². The van der Waals surface area contributed by atoms with Crippen LogP contribution in [0.25, 0.3) is 0 Å². The molecule has 48 valence electrons. The molecule has 1 atom stereocenters. The highest BCUT2D eigenvalue weighted by Crippen LogP contribution is 2.07. The summed E-state index contributed by atoms with van der Waals surface area (Å²) >= 11 is 0. The van der Waals surface area contributed by atoms with Crippen LogP contribution in [0.15, 0.2) is 0 Å². The number of nitrogens with two attached hydrogens (primary N) is 1. The van der Waals surface area contributed by atoms with Gasteiger partial charge < -0.3 is 10.3 Å². The van der Waals surface area contributed by atoms with Gasteiger partial charge in [0.05, 0.1) is 0 Å². The summed E-state index contributed by atoms with van der Waals surface area (Å²) in [6.07, 6.45) is 0.952. The minimum atomic E-state index is -0.397. The highest BCUT2D eigenvalue weighted by atomic mass is 31.1. The van der Waals surface area contributed by atoms with E-state index < -0.39 is 5.91 Å². The summed E-state index contributed by atoms with van der Waals surface area (Å²) in [5.74, 6) is -0.397. The van der Waals surface area contributed by atoms with Crippen LogP contribution in [0.5, 0.6) is 0 Å². The lowest BCUT2D eigenvalue weighted by Crippen LogP contribution is -2.15. The van der Waals surface area contributed by atoms with Crippen LogP contribution >= 0.6 is 8.81 Å². The second-order valence-corrected chi connectivity index (χ2v) is 2.54. The molecule has 0 saturated carbocycles. The Bertz CT molecular complexity index is 76.4. The van der Waals surface area contributed by atoms with Crippen LogP contribution in [0, 0.1) is 0 Å². The normalized spacial score (nSPS) is 10.6. The molecule has 0 bridgehead atoms. The zero-order chi connectivity index (χ0) is 6.41. The quantitative estimate of drug-likeness (QED) is 0.439. The van der Waals surface area contributed by atoms with Crippen LogP contribution in [0.2, 0.25) is 0 Å². The molecule has 1 amide bonds.